The van der Waals surface area contributed by atoms with E-state index < -0.39 is 5.54 Å². The number of benzene rings is 2. The van der Waals surface area contributed by atoms with E-state index in [1.54, 1.807) is 4.90 Å². The molecule has 1 aliphatic rings. The van der Waals surface area contributed by atoms with Gasteiger partial charge >= 0.3 is 0 Å². The Balaban J connectivity index is 2.06. The third kappa shape index (κ3) is 2.19. The third-order valence-electron chi connectivity index (χ3n) is 4.10. The Bertz CT molecular complexity index is 746. The lowest BCUT2D eigenvalue weighted by Gasteiger charge is -2.32. The van der Waals surface area contributed by atoms with Gasteiger partial charge in [-0.3, -0.25) is 4.79 Å². The van der Waals surface area contributed by atoms with Gasteiger partial charge in [0.1, 0.15) is 0 Å². The topological polar surface area (TPSA) is 44.1 Å². The molecule has 0 spiro atoms. The van der Waals surface area contributed by atoms with Crippen LogP contribution >= 0.6 is 0 Å². The largest absolute Gasteiger partial charge is 0.312 e. The molecule has 0 saturated carbocycles. The summed E-state index contributed by atoms with van der Waals surface area (Å²) in [6.07, 6.45) is 0.346. The number of hydrogen-bond acceptors (Lipinski definition) is 2. The van der Waals surface area contributed by atoms with E-state index in [1.807, 2.05) is 60.7 Å². The Morgan fingerprint density at radius 3 is 2.27 bits per heavy atom. The molecule has 2 aromatic rings. The second-order valence-electron chi connectivity index (χ2n) is 5.50. The highest BCUT2D eigenvalue weighted by Crippen LogP contribution is 2.42. The van der Waals surface area contributed by atoms with Crippen molar-refractivity contribution in [2.45, 2.75) is 18.5 Å². The van der Waals surface area contributed by atoms with E-state index in [4.69, 9.17) is 0 Å². The lowest BCUT2D eigenvalue weighted by molar-refractivity contribution is -0.128. The molecule has 3 rings (SSSR count). The highest BCUT2D eigenvalue weighted by atomic mass is 16.2. The van der Waals surface area contributed by atoms with Gasteiger partial charge in [-0.1, -0.05) is 67.2 Å². The summed E-state index contributed by atoms with van der Waals surface area (Å²) in [5, 5.41) is 9.87. The van der Waals surface area contributed by atoms with Gasteiger partial charge in [0, 0.05) is 18.5 Å². The fourth-order valence-corrected chi connectivity index (χ4v) is 2.95. The lowest BCUT2D eigenvalue weighted by Crippen LogP contribution is -2.41. The average Bonchev–Trinajstić information content (AvgIpc) is 2.82. The summed E-state index contributed by atoms with van der Waals surface area (Å²) >= 11 is 0. The van der Waals surface area contributed by atoms with Crippen LogP contribution in [0.15, 0.2) is 72.8 Å². The van der Waals surface area contributed by atoms with Gasteiger partial charge in [-0.05, 0) is 11.1 Å². The van der Waals surface area contributed by atoms with Crippen molar-refractivity contribution in [3.63, 3.8) is 0 Å². The van der Waals surface area contributed by atoms with E-state index in [0.717, 1.165) is 11.1 Å². The minimum Gasteiger partial charge on any atom is -0.312 e. The number of likely N-dealkylation sites (tertiary alicyclic amines) is 1. The van der Waals surface area contributed by atoms with Crippen LogP contribution < -0.4 is 0 Å². The van der Waals surface area contributed by atoms with Crippen molar-refractivity contribution in [3.8, 4) is 6.07 Å². The molecule has 1 aliphatic heterocycles. The SMILES string of the molecule is C=C1CC(C#N)(c2ccccc2)N(Cc2ccccc2)C1=O. The van der Waals surface area contributed by atoms with Gasteiger partial charge in [-0.25, -0.2) is 0 Å². The standard InChI is InChI=1S/C19H16N2O/c1-15-12-19(14-20,17-10-6-3-7-11-17)21(18(15)22)13-16-8-4-2-5-9-16/h2-11H,1,12-13H2. The summed E-state index contributed by atoms with van der Waals surface area (Å²) in [6.45, 7) is 4.26. The molecule has 0 aromatic heterocycles. The molecule has 22 heavy (non-hydrogen) atoms. The van der Waals surface area contributed by atoms with Crippen molar-refractivity contribution in [2.75, 3.05) is 0 Å². The molecule has 1 unspecified atom stereocenters. The highest BCUT2D eigenvalue weighted by molar-refractivity contribution is 5.97. The minimum absolute atomic E-state index is 0.144. The van der Waals surface area contributed by atoms with Crippen LogP contribution in [0.3, 0.4) is 0 Å². The van der Waals surface area contributed by atoms with Crippen LogP contribution in [0, 0.1) is 11.3 Å². The Morgan fingerprint density at radius 1 is 1.09 bits per heavy atom. The first-order valence-corrected chi connectivity index (χ1v) is 7.18. The molecule has 3 nitrogen and oxygen atoms in total. The lowest BCUT2D eigenvalue weighted by atomic mass is 9.87. The number of rotatable bonds is 3. The Morgan fingerprint density at radius 2 is 1.68 bits per heavy atom. The van der Waals surface area contributed by atoms with E-state index >= 15 is 0 Å². The zero-order valence-electron chi connectivity index (χ0n) is 12.2. The van der Waals surface area contributed by atoms with Gasteiger partial charge < -0.3 is 4.90 Å². The summed E-state index contributed by atoms with van der Waals surface area (Å²) in [6, 6.07) is 21.6. The number of amides is 1. The molecule has 3 heteroatoms. The summed E-state index contributed by atoms with van der Waals surface area (Å²) < 4.78 is 0. The van der Waals surface area contributed by atoms with Crippen LogP contribution in [0.2, 0.25) is 0 Å². The molecule has 1 heterocycles. The van der Waals surface area contributed by atoms with E-state index in [1.165, 1.54) is 0 Å². The number of carbonyl (C=O) groups excluding carboxylic acids is 1. The summed E-state index contributed by atoms with van der Waals surface area (Å²) in [5.41, 5.74) is 1.36. The Kier molecular flexibility index (Phi) is 3.52. The molecular formula is C19H16N2O. The molecular weight excluding hydrogens is 272 g/mol. The second-order valence-corrected chi connectivity index (χ2v) is 5.50. The van der Waals surface area contributed by atoms with Gasteiger partial charge in [0.05, 0.1) is 6.07 Å². The number of nitriles is 1. The van der Waals surface area contributed by atoms with Crippen LogP contribution in [0.4, 0.5) is 0 Å². The first-order valence-electron chi connectivity index (χ1n) is 7.18. The summed E-state index contributed by atoms with van der Waals surface area (Å²) in [5.74, 6) is -0.144. The number of hydrogen-bond donors (Lipinski definition) is 0. The molecule has 0 bridgehead atoms. The smallest absolute Gasteiger partial charge is 0.251 e. The fourth-order valence-electron chi connectivity index (χ4n) is 2.95. The fraction of sp³-hybridized carbons (Fsp3) is 0.158. The van der Waals surface area contributed by atoms with Crippen LogP contribution in [0.5, 0.6) is 0 Å². The number of carbonyl (C=O) groups is 1. The molecule has 2 aromatic carbocycles. The molecule has 0 radical (unpaired) electrons. The van der Waals surface area contributed by atoms with Crippen molar-refractivity contribution in [3.05, 3.63) is 83.9 Å². The molecule has 1 amide bonds. The van der Waals surface area contributed by atoms with Gasteiger partial charge in [-0.2, -0.15) is 5.26 Å². The molecule has 0 aliphatic carbocycles. The third-order valence-corrected chi connectivity index (χ3v) is 4.10. The van der Waals surface area contributed by atoms with Gasteiger partial charge in [0.2, 0.25) is 0 Å². The van der Waals surface area contributed by atoms with Gasteiger partial charge in [0.15, 0.2) is 5.54 Å². The summed E-state index contributed by atoms with van der Waals surface area (Å²) in [4.78, 5) is 14.2. The minimum atomic E-state index is -0.967. The van der Waals surface area contributed by atoms with Crippen LogP contribution in [-0.2, 0) is 16.9 Å². The zero-order valence-corrected chi connectivity index (χ0v) is 12.2. The molecule has 108 valence electrons. The van der Waals surface area contributed by atoms with E-state index in [0.29, 0.717) is 18.5 Å². The molecule has 1 saturated heterocycles. The van der Waals surface area contributed by atoms with Crippen LogP contribution in [0.25, 0.3) is 0 Å². The average molecular weight is 288 g/mol. The van der Waals surface area contributed by atoms with E-state index in [9.17, 15) is 10.1 Å². The first kappa shape index (κ1) is 14.1. The normalized spacial score (nSPS) is 21.0. The maximum absolute atomic E-state index is 12.5. The zero-order chi connectivity index (χ0) is 15.6. The van der Waals surface area contributed by atoms with Crippen LogP contribution in [0.1, 0.15) is 17.5 Å². The first-order chi connectivity index (χ1) is 10.7. The van der Waals surface area contributed by atoms with E-state index in [-0.39, 0.29) is 5.91 Å². The van der Waals surface area contributed by atoms with Crippen molar-refractivity contribution < 1.29 is 4.79 Å². The van der Waals surface area contributed by atoms with Gasteiger partial charge in [0.25, 0.3) is 5.91 Å². The monoisotopic (exact) mass is 288 g/mol. The van der Waals surface area contributed by atoms with E-state index in [2.05, 4.69) is 12.6 Å². The van der Waals surface area contributed by atoms with Crippen molar-refractivity contribution in [2.24, 2.45) is 0 Å². The Labute approximate surface area is 130 Å². The highest BCUT2D eigenvalue weighted by Gasteiger charge is 2.49. The predicted molar refractivity (Wildman–Crippen MR) is 84.5 cm³/mol. The quantitative estimate of drug-likeness (QED) is 0.813. The molecule has 1 fully saturated rings. The van der Waals surface area contributed by atoms with Crippen LogP contribution in [-0.4, -0.2) is 10.8 Å². The van der Waals surface area contributed by atoms with Gasteiger partial charge in [-0.15, -0.1) is 0 Å². The van der Waals surface area contributed by atoms with Crippen molar-refractivity contribution in [1.82, 2.24) is 4.90 Å². The second kappa shape index (κ2) is 5.50. The maximum Gasteiger partial charge on any atom is 0.251 e. The summed E-state index contributed by atoms with van der Waals surface area (Å²) in [7, 11) is 0. The maximum atomic E-state index is 12.5. The predicted octanol–water partition coefficient (Wildman–Crippen LogP) is 3.39. The van der Waals surface area contributed by atoms with Crippen molar-refractivity contribution in [1.29, 1.82) is 5.26 Å². The Hall–Kier alpha value is -2.86. The molecule has 1 atom stereocenters. The molecule has 0 N–H and O–H groups in total. The number of nitrogens with zero attached hydrogens (tertiary/aromatic N) is 2. The van der Waals surface area contributed by atoms with Crippen molar-refractivity contribution >= 4 is 5.91 Å².